The summed E-state index contributed by atoms with van der Waals surface area (Å²) >= 11 is 0. The SMILES string of the molecule is O=C1C=CC(O)(c2ccc(OCc3ccccc3)cc2)O1. The minimum absolute atomic E-state index is 0.472. The molecular formula is C17H14O4. The highest BCUT2D eigenvalue weighted by atomic mass is 16.7. The number of ether oxygens (including phenoxy) is 2. The lowest BCUT2D eigenvalue weighted by molar-refractivity contribution is -0.181. The number of hydrogen-bond donors (Lipinski definition) is 1. The standard InChI is InChI=1S/C17H14O4/c18-16-10-11-17(19,21-16)14-6-8-15(9-7-14)20-12-13-4-2-1-3-5-13/h1-11,19H,12H2. The van der Waals surface area contributed by atoms with Gasteiger partial charge in [-0.15, -0.1) is 0 Å². The molecule has 2 aromatic carbocycles. The van der Waals surface area contributed by atoms with Crippen LogP contribution in [0.3, 0.4) is 0 Å². The van der Waals surface area contributed by atoms with Gasteiger partial charge in [-0.2, -0.15) is 0 Å². The number of hydrogen-bond acceptors (Lipinski definition) is 4. The Balaban J connectivity index is 1.67. The van der Waals surface area contributed by atoms with Crippen LogP contribution in [0.1, 0.15) is 11.1 Å². The zero-order chi connectivity index (χ0) is 14.7. The van der Waals surface area contributed by atoms with E-state index in [1.54, 1.807) is 24.3 Å². The Kier molecular flexibility index (Phi) is 3.46. The fourth-order valence-corrected chi connectivity index (χ4v) is 2.09. The largest absolute Gasteiger partial charge is 0.489 e. The van der Waals surface area contributed by atoms with E-state index in [0.717, 1.165) is 5.56 Å². The summed E-state index contributed by atoms with van der Waals surface area (Å²) in [6.07, 6.45) is 2.54. The van der Waals surface area contributed by atoms with Crippen LogP contribution in [0.4, 0.5) is 0 Å². The molecule has 0 aliphatic carbocycles. The van der Waals surface area contributed by atoms with Crippen molar-refractivity contribution in [2.45, 2.75) is 12.4 Å². The summed E-state index contributed by atoms with van der Waals surface area (Å²) in [4.78, 5) is 11.1. The van der Waals surface area contributed by atoms with Crippen LogP contribution in [-0.4, -0.2) is 11.1 Å². The molecule has 1 N–H and O–H groups in total. The first-order chi connectivity index (χ1) is 10.2. The third kappa shape index (κ3) is 2.95. The minimum Gasteiger partial charge on any atom is -0.489 e. The molecule has 0 spiro atoms. The fourth-order valence-electron chi connectivity index (χ4n) is 2.09. The number of aliphatic hydroxyl groups is 1. The highest BCUT2D eigenvalue weighted by molar-refractivity contribution is 5.85. The molecular weight excluding hydrogens is 268 g/mol. The van der Waals surface area contributed by atoms with E-state index in [0.29, 0.717) is 17.9 Å². The van der Waals surface area contributed by atoms with E-state index in [2.05, 4.69) is 0 Å². The Bertz CT molecular complexity index is 661. The van der Waals surface area contributed by atoms with Gasteiger partial charge >= 0.3 is 5.97 Å². The predicted molar refractivity (Wildman–Crippen MR) is 76.3 cm³/mol. The second-order valence-electron chi connectivity index (χ2n) is 4.75. The molecule has 1 heterocycles. The van der Waals surface area contributed by atoms with E-state index < -0.39 is 11.8 Å². The van der Waals surface area contributed by atoms with Crippen LogP contribution in [0.5, 0.6) is 5.75 Å². The monoisotopic (exact) mass is 282 g/mol. The lowest BCUT2D eigenvalue weighted by atomic mass is 10.1. The van der Waals surface area contributed by atoms with Crippen LogP contribution < -0.4 is 4.74 Å². The Hall–Kier alpha value is -2.59. The lowest BCUT2D eigenvalue weighted by Crippen LogP contribution is -2.24. The topological polar surface area (TPSA) is 55.8 Å². The van der Waals surface area contributed by atoms with Crippen LogP contribution in [0, 0.1) is 0 Å². The van der Waals surface area contributed by atoms with Crippen LogP contribution in [0.25, 0.3) is 0 Å². The van der Waals surface area contributed by atoms with Crippen LogP contribution in [-0.2, 0) is 21.9 Å². The highest BCUT2D eigenvalue weighted by Crippen LogP contribution is 2.30. The van der Waals surface area contributed by atoms with Crippen molar-refractivity contribution in [3.63, 3.8) is 0 Å². The predicted octanol–water partition coefficient (Wildman–Crippen LogP) is 2.52. The van der Waals surface area contributed by atoms with E-state index in [1.165, 1.54) is 12.2 Å². The van der Waals surface area contributed by atoms with Crippen molar-refractivity contribution in [3.8, 4) is 5.75 Å². The molecule has 1 atom stereocenters. The molecule has 3 rings (SSSR count). The van der Waals surface area contributed by atoms with E-state index in [4.69, 9.17) is 9.47 Å². The molecule has 0 bridgehead atoms. The molecule has 0 radical (unpaired) electrons. The maximum absolute atomic E-state index is 11.1. The Morgan fingerprint density at radius 1 is 1.05 bits per heavy atom. The summed E-state index contributed by atoms with van der Waals surface area (Å²) in [6.45, 7) is 0.472. The summed E-state index contributed by atoms with van der Waals surface area (Å²) < 4.78 is 10.5. The van der Waals surface area contributed by atoms with Gasteiger partial charge in [-0.3, -0.25) is 0 Å². The molecule has 0 amide bonds. The molecule has 1 unspecified atom stereocenters. The van der Waals surface area contributed by atoms with Crippen molar-refractivity contribution < 1.29 is 19.4 Å². The van der Waals surface area contributed by atoms with E-state index in [9.17, 15) is 9.90 Å². The summed E-state index contributed by atoms with van der Waals surface area (Å²) in [7, 11) is 0. The average molecular weight is 282 g/mol. The lowest BCUT2D eigenvalue weighted by Gasteiger charge is -2.20. The molecule has 4 nitrogen and oxygen atoms in total. The molecule has 0 aromatic heterocycles. The van der Waals surface area contributed by atoms with Gasteiger partial charge in [0.15, 0.2) is 0 Å². The third-order valence-electron chi connectivity index (χ3n) is 3.22. The smallest absolute Gasteiger partial charge is 0.333 e. The van der Waals surface area contributed by atoms with Crippen molar-refractivity contribution in [3.05, 3.63) is 77.9 Å². The minimum atomic E-state index is -1.67. The summed E-state index contributed by atoms with van der Waals surface area (Å²) in [5, 5.41) is 10.2. The number of benzene rings is 2. The number of carbonyl (C=O) groups is 1. The van der Waals surface area contributed by atoms with E-state index in [1.807, 2.05) is 30.3 Å². The fraction of sp³-hybridized carbons (Fsp3) is 0.118. The highest BCUT2D eigenvalue weighted by Gasteiger charge is 2.35. The molecule has 4 heteroatoms. The van der Waals surface area contributed by atoms with Gasteiger partial charge in [0.1, 0.15) is 12.4 Å². The first kappa shape index (κ1) is 13.4. The van der Waals surface area contributed by atoms with Crippen molar-refractivity contribution in [2.75, 3.05) is 0 Å². The van der Waals surface area contributed by atoms with Gasteiger partial charge in [-0.05, 0) is 35.9 Å². The zero-order valence-electron chi connectivity index (χ0n) is 11.2. The van der Waals surface area contributed by atoms with Crippen LogP contribution in [0.15, 0.2) is 66.7 Å². The summed E-state index contributed by atoms with van der Waals surface area (Å²) in [5.74, 6) is -1.55. The van der Waals surface area contributed by atoms with E-state index >= 15 is 0 Å². The van der Waals surface area contributed by atoms with Gasteiger partial charge in [0.2, 0.25) is 0 Å². The van der Waals surface area contributed by atoms with Gasteiger partial charge in [0.25, 0.3) is 5.79 Å². The number of esters is 1. The van der Waals surface area contributed by atoms with Gasteiger partial charge in [0.05, 0.1) is 0 Å². The molecule has 0 saturated carbocycles. The first-order valence-corrected chi connectivity index (χ1v) is 6.58. The maximum atomic E-state index is 11.1. The van der Waals surface area contributed by atoms with Gasteiger partial charge < -0.3 is 14.6 Å². The second-order valence-corrected chi connectivity index (χ2v) is 4.75. The molecule has 21 heavy (non-hydrogen) atoms. The molecule has 106 valence electrons. The summed E-state index contributed by atoms with van der Waals surface area (Å²) in [5.41, 5.74) is 1.56. The molecule has 0 saturated heterocycles. The van der Waals surface area contributed by atoms with Gasteiger partial charge in [-0.25, -0.2) is 4.79 Å². The Labute approximate surface area is 122 Å². The number of carbonyl (C=O) groups excluding carboxylic acids is 1. The molecule has 1 aliphatic heterocycles. The van der Waals surface area contributed by atoms with Crippen molar-refractivity contribution in [1.29, 1.82) is 0 Å². The quantitative estimate of drug-likeness (QED) is 0.875. The van der Waals surface area contributed by atoms with Crippen molar-refractivity contribution in [1.82, 2.24) is 0 Å². The summed E-state index contributed by atoms with van der Waals surface area (Å²) in [6, 6.07) is 16.6. The van der Waals surface area contributed by atoms with E-state index in [-0.39, 0.29) is 0 Å². The van der Waals surface area contributed by atoms with Crippen LogP contribution in [0.2, 0.25) is 0 Å². The number of cyclic esters (lactones) is 1. The molecule has 2 aromatic rings. The normalized spacial score (nSPS) is 20.3. The zero-order valence-corrected chi connectivity index (χ0v) is 11.2. The molecule has 0 fully saturated rings. The average Bonchev–Trinajstić information content (AvgIpc) is 2.87. The van der Waals surface area contributed by atoms with Crippen molar-refractivity contribution in [2.24, 2.45) is 0 Å². The van der Waals surface area contributed by atoms with Crippen molar-refractivity contribution >= 4 is 5.97 Å². The van der Waals surface area contributed by atoms with Gasteiger partial charge in [0, 0.05) is 11.6 Å². The second kappa shape index (κ2) is 5.42. The first-order valence-electron chi connectivity index (χ1n) is 6.58. The maximum Gasteiger partial charge on any atom is 0.333 e. The molecule has 1 aliphatic rings. The van der Waals surface area contributed by atoms with Gasteiger partial charge in [-0.1, -0.05) is 30.3 Å². The third-order valence-corrected chi connectivity index (χ3v) is 3.22. The number of rotatable bonds is 4. The Morgan fingerprint density at radius 3 is 2.38 bits per heavy atom. The Morgan fingerprint density at radius 2 is 1.76 bits per heavy atom. The van der Waals surface area contributed by atoms with Crippen LogP contribution >= 0.6 is 0 Å².